The number of nitrogens with zero attached hydrogens (tertiary/aromatic N) is 1. The van der Waals surface area contributed by atoms with Crippen molar-refractivity contribution in [3.05, 3.63) is 59.2 Å². The molecule has 0 unspecified atom stereocenters. The van der Waals surface area contributed by atoms with Crippen LogP contribution in [-0.4, -0.2) is 4.98 Å². The van der Waals surface area contributed by atoms with Gasteiger partial charge in [-0.3, -0.25) is 4.98 Å². The number of aryl methyl sites for hydroxylation is 1. The quantitative estimate of drug-likeness (QED) is 0.838. The lowest BCUT2D eigenvalue weighted by atomic mass is 10.0. The van der Waals surface area contributed by atoms with Gasteiger partial charge in [-0.15, -0.1) is 0 Å². The van der Waals surface area contributed by atoms with Crippen LogP contribution in [0.3, 0.4) is 0 Å². The fraction of sp³-hybridized carbons (Fsp3) is 0.154. The van der Waals surface area contributed by atoms with Gasteiger partial charge in [-0.25, -0.2) is 4.39 Å². The van der Waals surface area contributed by atoms with E-state index in [2.05, 4.69) is 4.98 Å². The Kier molecular flexibility index (Phi) is 2.86. The Morgan fingerprint density at radius 2 is 2.06 bits per heavy atom. The summed E-state index contributed by atoms with van der Waals surface area (Å²) >= 11 is 0. The van der Waals surface area contributed by atoms with Gasteiger partial charge in [0.05, 0.1) is 0 Å². The number of benzene rings is 1. The molecule has 0 fully saturated rings. The van der Waals surface area contributed by atoms with Gasteiger partial charge in [-0.1, -0.05) is 6.07 Å². The van der Waals surface area contributed by atoms with E-state index in [1.807, 2.05) is 6.92 Å². The average molecular weight is 216 g/mol. The first-order chi connectivity index (χ1) is 7.66. The lowest BCUT2D eigenvalue weighted by Gasteiger charge is -2.07. The zero-order valence-corrected chi connectivity index (χ0v) is 9.07. The predicted octanol–water partition coefficient (Wildman–Crippen LogP) is 2.70. The molecular weight excluding hydrogens is 203 g/mol. The summed E-state index contributed by atoms with van der Waals surface area (Å²) in [6.45, 7) is 1.89. The van der Waals surface area contributed by atoms with Crippen molar-refractivity contribution in [3.8, 4) is 0 Å². The largest absolute Gasteiger partial charge is 0.398 e. The van der Waals surface area contributed by atoms with Crippen LogP contribution in [0.15, 0.2) is 36.7 Å². The molecule has 2 rings (SSSR count). The Bertz CT molecular complexity index is 509. The maximum absolute atomic E-state index is 12.9. The number of anilines is 1. The highest BCUT2D eigenvalue weighted by Gasteiger charge is 2.04. The molecule has 0 radical (unpaired) electrons. The van der Waals surface area contributed by atoms with Crippen LogP contribution in [0.25, 0.3) is 0 Å². The molecule has 0 bridgehead atoms. The Morgan fingerprint density at radius 1 is 1.25 bits per heavy atom. The summed E-state index contributed by atoms with van der Waals surface area (Å²) in [5.41, 5.74) is 9.53. The van der Waals surface area contributed by atoms with E-state index in [4.69, 9.17) is 5.73 Å². The first-order valence-corrected chi connectivity index (χ1v) is 5.10. The molecule has 0 saturated carbocycles. The number of pyridine rings is 1. The summed E-state index contributed by atoms with van der Waals surface area (Å²) in [7, 11) is 0. The molecule has 1 aromatic carbocycles. The summed E-state index contributed by atoms with van der Waals surface area (Å²) < 4.78 is 12.9. The van der Waals surface area contributed by atoms with Crippen LogP contribution in [0.2, 0.25) is 0 Å². The number of hydrogen-bond donors (Lipinski definition) is 1. The second-order valence-electron chi connectivity index (χ2n) is 3.82. The highest BCUT2D eigenvalue weighted by Crippen LogP contribution is 2.18. The predicted molar refractivity (Wildman–Crippen MR) is 62.6 cm³/mol. The number of halogens is 1. The Morgan fingerprint density at radius 3 is 2.75 bits per heavy atom. The highest BCUT2D eigenvalue weighted by molar-refractivity contribution is 5.47. The molecule has 0 saturated heterocycles. The molecule has 2 aromatic rings. The van der Waals surface area contributed by atoms with Gasteiger partial charge >= 0.3 is 0 Å². The normalized spacial score (nSPS) is 10.4. The molecule has 1 aromatic heterocycles. The maximum Gasteiger partial charge on any atom is 0.123 e. The monoisotopic (exact) mass is 216 g/mol. The van der Waals surface area contributed by atoms with Crippen molar-refractivity contribution < 1.29 is 4.39 Å². The molecule has 3 heteroatoms. The molecule has 0 amide bonds. The molecule has 2 nitrogen and oxygen atoms in total. The molecule has 82 valence electrons. The second kappa shape index (κ2) is 4.31. The van der Waals surface area contributed by atoms with E-state index in [0.717, 1.165) is 22.4 Å². The molecule has 0 aliphatic rings. The van der Waals surface area contributed by atoms with Crippen LogP contribution in [0.4, 0.5) is 10.1 Å². The van der Waals surface area contributed by atoms with Crippen LogP contribution >= 0.6 is 0 Å². The van der Waals surface area contributed by atoms with Gasteiger partial charge in [-0.05, 0) is 41.8 Å². The van der Waals surface area contributed by atoms with Crippen molar-refractivity contribution in [2.24, 2.45) is 0 Å². The van der Waals surface area contributed by atoms with Gasteiger partial charge in [0, 0.05) is 24.5 Å². The topological polar surface area (TPSA) is 38.9 Å². The summed E-state index contributed by atoms with van der Waals surface area (Å²) in [5, 5.41) is 0. The third kappa shape index (κ3) is 2.19. The molecule has 1 heterocycles. The van der Waals surface area contributed by atoms with Crippen LogP contribution in [0.1, 0.15) is 16.7 Å². The van der Waals surface area contributed by atoms with E-state index in [0.29, 0.717) is 6.42 Å². The summed E-state index contributed by atoms with van der Waals surface area (Å²) in [5.74, 6) is -0.208. The molecule has 0 aliphatic carbocycles. The lowest BCUT2D eigenvalue weighted by molar-refractivity contribution is 0.626. The number of rotatable bonds is 2. The minimum atomic E-state index is -0.208. The zero-order valence-electron chi connectivity index (χ0n) is 9.07. The van der Waals surface area contributed by atoms with Crippen molar-refractivity contribution in [2.75, 3.05) is 5.73 Å². The number of nitrogen functional groups attached to an aromatic ring is 1. The van der Waals surface area contributed by atoms with Crippen LogP contribution in [0.5, 0.6) is 0 Å². The minimum absolute atomic E-state index is 0.208. The Balaban J connectivity index is 2.31. The molecule has 2 N–H and O–H groups in total. The maximum atomic E-state index is 12.9. The summed E-state index contributed by atoms with van der Waals surface area (Å²) in [6.07, 6.45) is 4.10. The van der Waals surface area contributed by atoms with Gasteiger partial charge in [0.25, 0.3) is 0 Å². The van der Waals surface area contributed by atoms with Crippen molar-refractivity contribution in [1.29, 1.82) is 0 Å². The molecule has 0 atom stereocenters. The van der Waals surface area contributed by atoms with Gasteiger partial charge in [0.2, 0.25) is 0 Å². The Hall–Kier alpha value is -1.90. The Labute approximate surface area is 93.9 Å². The van der Waals surface area contributed by atoms with Crippen LogP contribution in [-0.2, 0) is 6.42 Å². The first kappa shape index (κ1) is 10.6. The van der Waals surface area contributed by atoms with Gasteiger partial charge in [0.15, 0.2) is 0 Å². The summed E-state index contributed by atoms with van der Waals surface area (Å²) in [6, 6.07) is 6.56. The molecular formula is C13H13FN2. The fourth-order valence-electron chi connectivity index (χ4n) is 1.65. The first-order valence-electron chi connectivity index (χ1n) is 5.10. The van der Waals surface area contributed by atoms with E-state index in [1.165, 1.54) is 12.1 Å². The highest BCUT2D eigenvalue weighted by atomic mass is 19.1. The van der Waals surface area contributed by atoms with Crippen LogP contribution < -0.4 is 5.73 Å². The van der Waals surface area contributed by atoms with Crippen molar-refractivity contribution in [1.82, 2.24) is 4.98 Å². The van der Waals surface area contributed by atoms with E-state index < -0.39 is 0 Å². The number of nitrogens with two attached hydrogens (primary N) is 1. The standard InChI is InChI=1S/C13H13FN2/c1-9-6-12(14)3-2-10(9)7-11-8-16-5-4-13(11)15/h2-6,8H,7H2,1H3,(H2,15,16). The number of aromatic nitrogens is 1. The zero-order chi connectivity index (χ0) is 11.5. The SMILES string of the molecule is Cc1cc(F)ccc1Cc1cnccc1N. The van der Waals surface area contributed by atoms with E-state index in [9.17, 15) is 4.39 Å². The fourth-order valence-corrected chi connectivity index (χ4v) is 1.65. The van der Waals surface area contributed by atoms with E-state index >= 15 is 0 Å². The third-order valence-electron chi connectivity index (χ3n) is 2.63. The van der Waals surface area contributed by atoms with Crippen molar-refractivity contribution in [2.45, 2.75) is 13.3 Å². The van der Waals surface area contributed by atoms with E-state index in [-0.39, 0.29) is 5.82 Å². The third-order valence-corrected chi connectivity index (χ3v) is 2.63. The smallest absolute Gasteiger partial charge is 0.123 e. The second-order valence-corrected chi connectivity index (χ2v) is 3.82. The van der Waals surface area contributed by atoms with Gasteiger partial charge < -0.3 is 5.73 Å². The molecule has 16 heavy (non-hydrogen) atoms. The van der Waals surface area contributed by atoms with Gasteiger partial charge in [0.1, 0.15) is 5.82 Å². The average Bonchev–Trinajstić information content (AvgIpc) is 2.25. The lowest BCUT2D eigenvalue weighted by Crippen LogP contribution is -1.98. The summed E-state index contributed by atoms with van der Waals surface area (Å²) in [4.78, 5) is 4.03. The van der Waals surface area contributed by atoms with Crippen molar-refractivity contribution in [3.63, 3.8) is 0 Å². The minimum Gasteiger partial charge on any atom is -0.398 e. The number of hydrogen-bond acceptors (Lipinski definition) is 2. The van der Waals surface area contributed by atoms with E-state index in [1.54, 1.807) is 24.5 Å². The van der Waals surface area contributed by atoms with Gasteiger partial charge in [-0.2, -0.15) is 0 Å². The molecule has 0 spiro atoms. The van der Waals surface area contributed by atoms with Crippen LogP contribution in [0, 0.1) is 12.7 Å². The molecule has 0 aliphatic heterocycles. The van der Waals surface area contributed by atoms with Crippen molar-refractivity contribution >= 4 is 5.69 Å².